The Labute approximate surface area is 168 Å². The topological polar surface area (TPSA) is 75.7 Å². The first-order chi connectivity index (χ1) is 12.8. The fourth-order valence-electron chi connectivity index (χ4n) is 3.25. The number of rotatable bonds is 5. The number of halogens is 3. The van der Waals surface area contributed by atoms with Crippen LogP contribution in [0.15, 0.2) is 18.2 Å². The van der Waals surface area contributed by atoms with Crippen LogP contribution in [0.1, 0.15) is 24.3 Å². The molecule has 148 valence electrons. The molecule has 0 bridgehead atoms. The summed E-state index contributed by atoms with van der Waals surface area (Å²) in [6, 6.07) is 4.67. The maximum Gasteiger partial charge on any atom is 0.414 e. The molecule has 0 spiro atoms. The van der Waals surface area contributed by atoms with E-state index in [1.54, 1.807) is 12.1 Å². The molecule has 0 radical (unpaired) electrons. The molecule has 2 amide bonds. The van der Waals surface area contributed by atoms with Gasteiger partial charge in [0.15, 0.2) is 4.84 Å². The van der Waals surface area contributed by atoms with E-state index in [0.29, 0.717) is 35.6 Å². The summed E-state index contributed by atoms with van der Waals surface area (Å²) in [5, 5.41) is 2.48. The van der Waals surface area contributed by atoms with Crippen LogP contribution in [-0.4, -0.2) is 51.7 Å². The molecule has 6 nitrogen and oxygen atoms in total. The van der Waals surface area contributed by atoms with Crippen LogP contribution in [0.2, 0.25) is 0 Å². The molecule has 2 fully saturated rings. The lowest BCUT2D eigenvalue weighted by atomic mass is 9.93. The molecule has 1 aromatic rings. The van der Waals surface area contributed by atoms with Crippen molar-refractivity contribution in [3.05, 3.63) is 29.6 Å². The van der Waals surface area contributed by atoms with Crippen molar-refractivity contribution in [1.82, 2.24) is 5.32 Å². The van der Waals surface area contributed by atoms with E-state index in [0.717, 1.165) is 0 Å². The number of anilines is 1. The summed E-state index contributed by atoms with van der Waals surface area (Å²) in [4.78, 5) is 23.6. The number of amides is 2. The van der Waals surface area contributed by atoms with Crippen LogP contribution < -0.4 is 10.2 Å². The van der Waals surface area contributed by atoms with Gasteiger partial charge in [0.25, 0.3) is 5.91 Å². The normalized spacial score (nSPS) is 25.6. The number of nitrogens with one attached hydrogen (secondary N) is 1. The third-order valence-electron chi connectivity index (χ3n) is 4.70. The van der Waals surface area contributed by atoms with Gasteiger partial charge in [0.05, 0.1) is 18.8 Å². The van der Waals surface area contributed by atoms with E-state index in [9.17, 15) is 18.2 Å². The van der Waals surface area contributed by atoms with Gasteiger partial charge in [-0.25, -0.2) is 9.18 Å². The molecule has 27 heavy (non-hydrogen) atoms. The van der Waals surface area contributed by atoms with Crippen molar-refractivity contribution in [2.24, 2.45) is 0 Å². The van der Waals surface area contributed by atoms with Crippen LogP contribution in [0.25, 0.3) is 0 Å². The second-order valence-electron chi connectivity index (χ2n) is 6.49. The number of benzene rings is 1. The summed E-state index contributed by atoms with van der Waals surface area (Å²) in [6.45, 7) is 0.242. The number of hydrogen-bond acceptors (Lipinski definition) is 4. The second kappa shape index (κ2) is 8.75. The molecule has 1 N–H and O–H groups in total. The van der Waals surface area contributed by atoms with Crippen LogP contribution in [0.3, 0.4) is 0 Å². The van der Waals surface area contributed by atoms with Crippen LogP contribution in [-0.2, 0) is 20.3 Å². The van der Waals surface area contributed by atoms with Crippen molar-refractivity contribution in [3.63, 3.8) is 0 Å². The quantitative estimate of drug-likeness (QED) is 0.719. The zero-order chi connectivity index (χ0) is 19.6. The lowest BCUT2D eigenvalue weighted by Gasteiger charge is -2.23. The predicted molar refractivity (Wildman–Crippen MR) is 102 cm³/mol. The van der Waals surface area contributed by atoms with Crippen LogP contribution >= 0.6 is 23.2 Å². The Bertz CT molecular complexity index is 754. The van der Waals surface area contributed by atoms with Gasteiger partial charge in [-0.2, -0.15) is 0 Å². The zero-order valence-corrected chi connectivity index (χ0v) is 16.7. The molecule has 2 aliphatic rings. The Hall–Kier alpha value is -1.38. The van der Waals surface area contributed by atoms with Gasteiger partial charge in [-0.05, 0) is 36.5 Å². The molecule has 1 atom stereocenters. The monoisotopic (exact) mass is 436 g/mol. The summed E-state index contributed by atoms with van der Waals surface area (Å²) in [7, 11) is -0.803. The molecule has 2 saturated heterocycles. The van der Waals surface area contributed by atoms with E-state index in [2.05, 4.69) is 5.32 Å². The highest BCUT2D eigenvalue weighted by molar-refractivity contribution is 7.85. The Kier molecular flexibility index (Phi) is 6.60. The maximum absolute atomic E-state index is 14.6. The molecule has 0 aromatic heterocycles. The van der Waals surface area contributed by atoms with E-state index in [1.165, 1.54) is 11.0 Å². The van der Waals surface area contributed by atoms with Gasteiger partial charge in [-0.15, -0.1) is 0 Å². The van der Waals surface area contributed by atoms with Crippen molar-refractivity contribution in [3.8, 4) is 0 Å². The summed E-state index contributed by atoms with van der Waals surface area (Å²) in [5.74, 6) is 0.259. The SMILES string of the molecule is O=C(NC[C@H]1CN(c2ccc(C3CCS(=O)CC3)c(F)c2)C(=O)O1)C(Cl)Cl. The maximum atomic E-state index is 14.6. The summed E-state index contributed by atoms with van der Waals surface area (Å²) in [5.41, 5.74) is 0.976. The van der Waals surface area contributed by atoms with Crippen molar-refractivity contribution < 1.29 is 22.9 Å². The van der Waals surface area contributed by atoms with Crippen LogP contribution in [0.5, 0.6) is 0 Å². The van der Waals surface area contributed by atoms with Gasteiger partial charge >= 0.3 is 6.09 Å². The summed E-state index contributed by atoms with van der Waals surface area (Å²) < 4.78 is 31.3. The minimum atomic E-state index is -1.20. The number of ether oxygens (including phenoxy) is 1. The van der Waals surface area contributed by atoms with Crippen LogP contribution in [0.4, 0.5) is 14.9 Å². The van der Waals surface area contributed by atoms with Crippen molar-refractivity contribution in [2.75, 3.05) is 29.5 Å². The van der Waals surface area contributed by atoms with E-state index in [-0.39, 0.29) is 24.8 Å². The highest BCUT2D eigenvalue weighted by atomic mass is 35.5. The first-order valence-corrected chi connectivity index (χ1v) is 10.9. The van der Waals surface area contributed by atoms with E-state index < -0.39 is 33.7 Å². The zero-order valence-electron chi connectivity index (χ0n) is 14.3. The van der Waals surface area contributed by atoms with Crippen molar-refractivity contribution in [1.29, 1.82) is 0 Å². The van der Waals surface area contributed by atoms with Gasteiger partial charge in [0, 0.05) is 22.3 Å². The molecule has 1 aromatic carbocycles. The molecule has 0 aliphatic carbocycles. The largest absolute Gasteiger partial charge is 0.442 e. The highest BCUT2D eigenvalue weighted by Gasteiger charge is 2.33. The Morgan fingerprint density at radius 1 is 1.37 bits per heavy atom. The average molecular weight is 437 g/mol. The molecule has 3 rings (SSSR count). The van der Waals surface area contributed by atoms with E-state index in [4.69, 9.17) is 27.9 Å². The minimum absolute atomic E-state index is 0.0456. The highest BCUT2D eigenvalue weighted by Crippen LogP contribution is 2.32. The number of nitrogens with zero attached hydrogens (tertiary/aromatic N) is 1. The smallest absolute Gasteiger partial charge is 0.414 e. The fraction of sp³-hybridized carbons (Fsp3) is 0.529. The molecule has 2 heterocycles. The molecule has 2 aliphatic heterocycles. The number of carbonyl (C=O) groups excluding carboxylic acids is 2. The van der Waals surface area contributed by atoms with Gasteiger partial charge in [0.2, 0.25) is 0 Å². The Morgan fingerprint density at radius 2 is 2.07 bits per heavy atom. The second-order valence-corrected chi connectivity index (χ2v) is 9.28. The van der Waals surface area contributed by atoms with Crippen LogP contribution in [0, 0.1) is 5.82 Å². The first kappa shape index (κ1) is 20.4. The number of hydrogen-bond donors (Lipinski definition) is 1. The molecular weight excluding hydrogens is 418 g/mol. The third-order valence-corrected chi connectivity index (χ3v) is 6.48. The number of carbonyl (C=O) groups is 2. The third kappa shape index (κ3) is 4.92. The average Bonchev–Trinajstić information content (AvgIpc) is 3.01. The van der Waals surface area contributed by atoms with Gasteiger partial charge in [-0.1, -0.05) is 29.3 Å². The summed E-state index contributed by atoms with van der Waals surface area (Å²) in [6.07, 6.45) is 0.198. The van der Waals surface area contributed by atoms with Gasteiger partial charge in [-0.3, -0.25) is 13.9 Å². The molecule has 0 unspecified atom stereocenters. The molecular formula is C17H19Cl2FN2O4S. The lowest BCUT2D eigenvalue weighted by molar-refractivity contribution is -0.119. The fourth-order valence-corrected chi connectivity index (χ4v) is 4.70. The van der Waals surface area contributed by atoms with E-state index >= 15 is 0 Å². The minimum Gasteiger partial charge on any atom is -0.442 e. The molecule has 0 saturated carbocycles. The predicted octanol–water partition coefficient (Wildman–Crippen LogP) is 2.70. The Balaban J connectivity index is 1.64. The van der Waals surface area contributed by atoms with Crippen molar-refractivity contribution in [2.45, 2.75) is 29.7 Å². The standard InChI is InChI=1S/C17H19Cl2FN2O4S/c18-15(19)16(23)21-8-12-9-22(17(24)26-12)11-1-2-13(14(20)7-11)10-3-5-27(25)6-4-10/h1-2,7,10,12,15H,3-6,8-9H2,(H,21,23)/t10?,12-,27?/m0/s1. The lowest BCUT2D eigenvalue weighted by Crippen LogP contribution is -2.37. The molecule has 10 heteroatoms. The Morgan fingerprint density at radius 3 is 2.70 bits per heavy atom. The van der Waals surface area contributed by atoms with E-state index in [1.807, 2.05) is 0 Å². The van der Waals surface area contributed by atoms with Crippen molar-refractivity contribution >= 4 is 51.7 Å². The summed E-state index contributed by atoms with van der Waals surface area (Å²) >= 11 is 10.9. The first-order valence-electron chi connectivity index (χ1n) is 8.53. The number of cyclic esters (lactones) is 1. The van der Waals surface area contributed by atoms with Gasteiger partial charge in [0.1, 0.15) is 11.9 Å². The van der Waals surface area contributed by atoms with Gasteiger partial charge < -0.3 is 10.1 Å². The number of alkyl halides is 2.